The predicted octanol–water partition coefficient (Wildman–Crippen LogP) is 1.57. The van der Waals surface area contributed by atoms with E-state index < -0.39 is 17.6 Å². The first-order valence-electron chi connectivity index (χ1n) is 7.41. The number of hydrogen-bond acceptors (Lipinski definition) is 4. The van der Waals surface area contributed by atoms with Gasteiger partial charge in [-0.15, -0.1) is 0 Å². The van der Waals surface area contributed by atoms with Crippen molar-refractivity contribution in [3.8, 4) is 0 Å². The van der Waals surface area contributed by atoms with Crippen LogP contribution < -0.4 is 5.32 Å². The van der Waals surface area contributed by atoms with Crippen molar-refractivity contribution in [2.24, 2.45) is 5.92 Å². The summed E-state index contributed by atoms with van der Waals surface area (Å²) in [5.74, 6) is -1.71. The zero-order valence-electron chi connectivity index (χ0n) is 12.9. The van der Waals surface area contributed by atoms with Crippen molar-refractivity contribution < 1.29 is 23.5 Å². The summed E-state index contributed by atoms with van der Waals surface area (Å²) in [6, 6.07) is 5.31. The van der Waals surface area contributed by atoms with Gasteiger partial charge in [-0.3, -0.25) is 14.4 Å². The number of likely N-dealkylation sites (N-methyl/N-ethyl adjacent to an activating group) is 1. The highest BCUT2D eigenvalue weighted by molar-refractivity contribution is 5.94. The second-order valence-corrected chi connectivity index (χ2v) is 5.54. The van der Waals surface area contributed by atoms with E-state index in [1.807, 2.05) is 0 Å². The van der Waals surface area contributed by atoms with Gasteiger partial charge in [0.25, 0.3) is 5.91 Å². The summed E-state index contributed by atoms with van der Waals surface area (Å²) in [5.41, 5.74) is 0.439. The van der Waals surface area contributed by atoms with E-state index in [-0.39, 0.29) is 25.0 Å². The van der Waals surface area contributed by atoms with Gasteiger partial charge in [0.1, 0.15) is 5.82 Å². The lowest BCUT2D eigenvalue weighted by Gasteiger charge is -2.23. The van der Waals surface area contributed by atoms with Crippen molar-refractivity contribution in [3.63, 3.8) is 0 Å². The molecule has 1 fully saturated rings. The molecule has 0 heterocycles. The first kappa shape index (κ1) is 16.9. The zero-order chi connectivity index (χ0) is 16.8. The molecular weight excluding hydrogens is 303 g/mol. The molecule has 1 aromatic rings. The Balaban J connectivity index is 1.72. The highest BCUT2D eigenvalue weighted by Crippen LogP contribution is 2.27. The summed E-state index contributed by atoms with van der Waals surface area (Å²) in [6.45, 7) is -0.549. The fourth-order valence-corrected chi connectivity index (χ4v) is 2.04. The van der Waals surface area contributed by atoms with Gasteiger partial charge in [0, 0.05) is 12.7 Å². The molecule has 0 unspecified atom stereocenters. The number of anilines is 1. The Morgan fingerprint density at radius 2 is 1.91 bits per heavy atom. The minimum Gasteiger partial charge on any atom is -0.455 e. The number of nitrogens with one attached hydrogen (secondary N) is 1. The van der Waals surface area contributed by atoms with Crippen molar-refractivity contribution in [2.45, 2.75) is 19.3 Å². The Labute approximate surface area is 133 Å². The average Bonchev–Trinajstić information content (AvgIpc) is 2.45. The quantitative estimate of drug-likeness (QED) is 0.807. The van der Waals surface area contributed by atoms with Crippen LogP contribution in [0.4, 0.5) is 10.1 Å². The van der Waals surface area contributed by atoms with Crippen LogP contribution in [0.2, 0.25) is 0 Å². The summed E-state index contributed by atoms with van der Waals surface area (Å²) in [7, 11) is 1.45. The third-order valence-electron chi connectivity index (χ3n) is 3.71. The molecule has 0 radical (unpaired) electrons. The number of nitrogens with zero attached hydrogens (tertiary/aromatic N) is 1. The largest absolute Gasteiger partial charge is 0.455 e. The molecule has 0 aliphatic heterocycles. The summed E-state index contributed by atoms with van der Waals surface area (Å²) >= 11 is 0. The second kappa shape index (κ2) is 7.71. The van der Waals surface area contributed by atoms with E-state index in [4.69, 9.17) is 4.74 Å². The van der Waals surface area contributed by atoms with Crippen molar-refractivity contribution in [2.75, 3.05) is 25.5 Å². The van der Waals surface area contributed by atoms with E-state index in [2.05, 4.69) is 5.32 Å². The van der Waals surface area contributed by atoms with Crippen LogP contribution in [0.5, 0.6) is 0 Å². The normalized spacial score (nSPS) is 13.8. The lowest BCUT2D eigenvalue weighted by atomic mass is 9.86. The molecule has 1 aliphatic rings. The number of benzene rings is 1. The highest BCUT2D eigenvalue weighted by Gasteiger charge is 2.27. The maximum atomic E-state index is 12.8. The first-order valence-corrected chi connectivity index (χ1v) is 7.41. The topological polar surface area (TPSA) is 75.7 Å². The standard InChI is InChI=1S/C16H19FN2O4/c1-19(15(21)10-23-16(22)11-3-2-4-11)9-14(20)18-13-7-5-12(17)6-8-13/h5-8,11H,2-4,9-10H2,1H3,(H,18,20). The molecular formula is C16H19FN2O4. The van der Waals surface area contributed by atoms with Gasteiger partial charge in [-0.05, 0) is 37.1 Å². The van der Waals surface area contributed by atoms with Crippen LogP contribution in [0.25, 0.3) is 0 Å². The van der Waals surface area contributed by atoms with E-state index in [1.165, 1.54) is 36.2 Å². The van der Waals surface area contributed by atoms with E-state index in [1.54, 1.807) is 0 Å². The van der Waals surface area contributed by atoms with Gasteiger partial charge in [-0.1, -0.05) is 6.42 Å². The van der Waals surface area contributed by atoms with Crippen LogP contribution in [-0.4, -0.2) is 42.9 Å². The van der Waals surface area contributed by atoms with Crippen molar-refractivity contribution in [1.82, 2.24) is 4.90 Å². The number of rotatable bonds is 6. The molecule has 6 nitrogen and oxygen atoms in total. The number of esters is 1. The van der Waals surface area contributed by atoms with Crippen molar-refractivity contribution in [1.29, 1.82) is 0 Å². The molecule has 1 N–H and O–H groups in total. The van der Waals surface area contributed by atoms with Crippen LogP contribution in [-0.2, 0) is 19.1 Å². The molecule has 1 saturated carbocycles. The van der Waals surface area contributed by atoms with Gasteiger partial charge in [-0.25, -0.2) is 4.39 Å². The van der Waals surface area contributed by atoms with E-state index >= 15 is 0 Å². The third-order valence-corrected chi connectivity index (χ3v) is 3.71. The minimum atomic E-state index is -0.452. The molecule has 0 saturated heterocycles. The number of carbonyl (C=O) groups excluding carboxylic acids is 3. The van der Waals surface area contributed by atoms with Gasteiger partial charge >= 0.3 is 5.97 Å². The van der Waals surface area contributed by atoms with Gasteiger partial charge in [0.05, 0.1) is 12.5 Å². The van der Waals surface area contributed by atoms with Crippen molar-refractivity contribution in [3.05, 3.63) is 30.1 Å². The molecule has 124 valence electrons. The summed E-state index contributed by atoms with van der Waals surface area (Å²) in [6.07, 6.45) is 2.63. The summed E-state index contributed by atoms with van der Waals surface area (Å²) in [4.78, 5) is 36.3. The molecule has 0 aromatic heterocycles. The fraction of sp³-hybridized carbons (Fsp3) is 0.438. The maximum absolute atomic E-state index is 12.8. The lowest BCUT2D eigenvalue weighted by Crippen LogP contribution is -2.38. The van der Waals surface area contributed by atoms with Gasteiger partial charge < -0.3 is 15.0 Å². The van der Waals surface area contributed by atoms with Gasteiger partial charge in [-0.2, -0.15) is 0 Å². The number of carbonyl (C=O) groups is 3. The van der Waals surface area contributed by atoms with E-state index in [9.17, 15) is 18.8 Å². The highest BCUT2D eigenvalue weighted by atomic mass is 19.1. The second-order valence-electron chi connectivity index (χ2n) is 5.54. The minimum absolute atomic E-state index is 0.0881. The molecule has 2 amide bonds. The smallest absolute Gasteiger partial charge is 0.309 e. The number of halogens is 1. The van der Waals surface area contributed by atoms with Gasteiger partial charge in [0.2, 0.25) is 5.91 Å². The van der Waals surface area contributed by atoms with Crippen LogP contribution in [0.15, 0.2) is 24.3 Å². The Bertz CT molecular complexity index is 584. The monoisotopic (exact) mass is 322 g/mol. The molecule has 0 spiro atoms. The van der Waals surface area contributed by atoms with Crippen LogP contribution in [0, 0.1) is 11.7 Å². The number of amides is 2. The summed E-state index contributed by atoms with van der Waals surface area (Å²) in [5, 5.41) is 2.55. The number of hydrogen-bond donors (Lipinski definition) is 1. The lowest BCUT2D eigenvalue weighted by molar-refractivity contribution is -0.157. The zero-order valence-corrected chi connectivity index (χ0v) is 12.9. The van der Waals surface area contributed by atoms with Crippen LogP contribution in [0.1, 0.15) is 19.3 Å². The van der Waals surface area contributed by atoms with Crippen LogP contribution >= 0.6 is 0 Å². The molecule has 23 heavy (non-hydrogen) atoms. The van der Waals surface area contributed by atoms with E-state index in [0.717, 1.165) is 19.3 Å². The molecule has 0 bridgehead atoms. The summed E-state index contributed by atoms with van der Waals surface area (Å²) < 4.78 is 17.7. The molecule has 1 aromatic carbocycles. The fourth-order valence-electron chi connectivity index (χ4n) is 2.04. The SMILES string of the molecule is CN(CC(=O)Nc1ccc(F)cc1)C(=O)COC(=O)C1CCC1. The molecule has 7 heteroatoms. The first-order chi connectivity index (χ1) is 11.0. The molecule has 0 atom stereocenters. The predicted molar refractivity (Wildman–Crippen MR) is 81.0 cm³/mol. The van der Waals surface area contributed by atoms with Crippen molar-refractivity contribution >= 4 is 23.5 Å². The number of ether oxygens (including phenoxy) is 1. The molecule has 2 rings (SSSR count). The van der Waals surface area contributed by atoms with Gasteiger partial charge in [0.15, 0.2) is 6.61 Å². The average molecular weight is 322 g/mol. The maximum Gasteiger partial charge on any atom is 0.309 e. The Morgan fingerprint density at radius 1 is 1.26 bits per heavy atom. The van der Waals surface area contributed by atoms with E-state index in [0.29, 0.717) is 5.69 Å². The Morgan fingerprint density at radius 3 is 2.48 bits per heavy atom. The Kier molecular flexibility index (Phi) is 5.67. The molecule has 1 aliphatic carbocycles. The Hall–Kier alpha value is -2.44. The third kappa shape index (κ3) is 5.05. The van der Waals surface area contributed by atoms with Crippen LogP contribution in [0.3, 0.4) is 0 Å².